The number of fused-ring (bicyclic) bond motifs is 1. The van der Waals surface area contributed by atoms with Crippen LogP contribution in [0.1, 0.15) is 21.9 Å². The van der Waals surface area contributed by atoms with Crippen molar-refractivity contribution in [1.29, 1.82) is 0 Å². The molecule has 0 saturated heterocycles. The summed E-state index contributed by atoms with van der Waals surface area (Å²) in [4.78, 5) is 22.7. The first-order valence-electron chi connectivity index (χ1n) is 6.52. The molecular weight excluding hydrogens is 288 g/mol. The number of aryl methyl sites for hydroxylation is 1. The van der Waals surface area contributed by atoms with Gasteiger partial charge in [0.25, 0.3) is 0 Å². The van der Waals surface area contributed by atoms with Gasteiger partial charge in [0.05, 0.1) is 5.56 Å². The van der Waals surface area contributed by atoms with E-state index < -0.39 is 12.6 Å². The molecule has 0 amide bonds. The molecule has 0 unspecified atom stereocenters. The van der Waals surface area contributed by atoms with E-state index in [0.717, 1.165) is 5.76 Å². The number of carboxylic acids is 1. The van der Waals surface area contributed by atoms with Crippen molar-refractivity contribution >= 4 is 17.8 Å². The lowest BCUT2D eigenvalue weighted by Crippen LogP contribution is -2.09. The standard InChI is InChI=1S/C16H12O6/c1-9-2-3-11(21-9)7-14-16(19)12-5-4-10(6-13(12)22-14)20-8-15(17)18/h2-7H,8H2,1H3,(H,17,18)/b14-7-. The van der Waals surface area contributed by atoms with E-state index >= 15 is 0 Å². The number of allylic oxidation sites excluding steroid dienone is 1. The van der Waals surface area contributed by atoms with Crippen molar-refractivity contribution in [3.8, 4) is 11.5 Å². The molecule has 2 aromatic rings. The summed E-state index contributed by atoms with van der Waals surface area (Å²) in [6, 6.07) is 8.09. The van der Waals surface area contributed by atoms with Crippen LogP contribution >= 0.6 is 0 Å². The third-order valence-corrected chi connectivity index (χ3v) is 3.04. The average Bonchev–Trinajstić information content (AvgIpc) is 3.01. The monoisotopic (exact) mass is 300 g/mol. The van der Waals surface area contributed by atoms with E-state index in [0.29, 0.717) is 22.8 Å². The fourth-order valence-corrected chi connectivity index (χ4v) is 2.06. The van der Waals surface area contributed by atoms with Gasteiger partial charge in [-0.1, -0.05) is 0 Å². The van der Waals surface area contributed by atoms with Crippen LogP contribution in [0, 0.1) is 6.92 Å². The molecule has 1 aliphatic heterocycles. The number of benzene rings is 1. The Balaban J connectivity index is 1.84. The molecule has 1 aromatic heterocycles. The van der Waals surface area contributed by atoms with Gasteiger partial charge in [-0.05, 0) is 31.2 Å². The number of aliphatic carboxylic acids is 1. The summed E-state index contributed by atoms with van der Waals surface area (Å²) in [6.45, 7) is 1.35. The fourth-order valence-electron chi connectivity index (χ4n) is 2.06. The first kappa shape index (κ1) is 13.9. The molecular formula is C16H12O6. The molecule has 0 saturated carbocycles. The maximum atomic E-state index is 12.2. The Morgan fingerprint density at radius 3 is 2.82 bits per heavy atom. The van der Waals surface area contributed by atoms with E-state index in [1.807, 2.05) is 0 Å². The Bertz CT molecular complexity index is 784. The SMILES string of the molecule is Cc1ccc(/C=C2\Oc3cc(OCC(=O)O)ccc3C2=O)o1. The lowest BCUT2D eigenvalue weighted by Gasteiger charge is -2.04. The van der Waals surface area contributed by atoms with E-state index in [4.69, 9.17) is 19.0 Å². The Kier molecular flexibility index (Phi) is 3.42. The summed E-state index contributed by atoms with van der Waals surface area (Å²) in [7, 11) is 0. The molecule has 22 heavy (non-hydrogen) atoms. The highest BCUT2D eigenvalue weighted by molar-refractivity contribution is 6.14. The number of hydrogen-bond donors (Lipinski definition) is 1. The molecule has 0 fully saturated rings. The van der Waals surface area contributed by atoms with Crippen LogP contribution in [0.2, 0.25) is 0 Å². The average molecular weight is 300 g/mol. The molecule has 0 spiro atoms. The van der Waals surface area contributed by atoms with Gasteiger partial charge >= 0.3 is 5.97 Å². The molecule has 3 rings (SSSR count). The molecule has 0 atom stereocenters. The predicted octanol–water partition coefficient (Wildman–Crippen LogP) is 2.67. The Hall–Kier alpha value is -3.02. The molecule has 0 aliphatic carbocycles. The summed E-state index contributed by atoms with van der Waals surface area (Å²) in [5.41, 5.74) is 0.400. The summed E-state index contributed by atoms with van der Waals surface area (Å²) in [5, 5.41) is 8.59. The molecule has 1 aromatic carbocycles. The number of furan rings is 1. The normalized spacial score (nSPS) is 14.8. The van der Waals surface area contributed by atoms with Crippen LogP contribution in [0.5, 0.6) is 11.5 Å². The van der Waals surface area contributed by atoms with Crippen molar-refractivity contribution in [2.24, 2.45) is 0 Å². The van der Waals surface area contributed by atoms with Gasteiger partial charge in [-0.2, -0.15) is 0 Å². The molecule has 0 bridgehead atoms. The van der Waals surface area contributed by atoms with E-state index in [-0.39, 0.29) is 11.5 Å². The van der Waals surface area contributed by atoms with Crippen LogP contribution in [-0.4, -0.2) is 23.5 Å². The fraction of sp³-hybridized carbons (Fsp3) is 0.125. The van der Waals surface area contributed by atoms with Crippen molar-refractivity contribution in [1.82, 2.24) is 0 Å². The van der Waals surface area contributed by atoms with Crippen LogP contribution in [0.15, 0.2) is 40.5 Å². The minimum absolute atomic E-state index is 0.153. The molecule has 1 N–H and O–H groups in total. The lowest BCUT2D eigenvalue weighted by molar-refractivity contribution is -0.139. The van der Waals surface area contributed by atoms with Crippen molar-refractivity contribution < 1.29 is 28.6 Å². The maximum absolute atomic E-state index is 12.2. The topological polar surface area (TPSA) is 86.0 Å². The first-order chi connectivity index (χ1) is 10.5. The van der Waals surface area contributed by atoms with Crippen LogP contribution in [-0.2, 0) is 4.79 Å². The van der Waals surface area contributed by atoms with Crippen LogP contribution in [0.3, 0.4) is 0 Å². The molecule has 6 nitrogen and oxygen atoms in total. The highest BCUT2D eigenvalue weighted by Crippen LogP contribution is 2.34. The van der Waals surface area contributed by atoms with Gasteiger partial charge in [-0.3, -0.25) is 4.79 Å². The van der Waals surface area contributed by atoms with Crippen LogP contribution < -0.4 is 9.47 Å². The predicted molar refractivity (Wildman–Crippen MR) is 76.0 cm³/mol. The van der Waals surface area contributed by atoms with Gasteiger partial charge in [-0.25, -0.2) is 4.79 Å². The first-order valence-corrected chi connectivity index (χ1v) is 6.52. The summed E-state index contributed by atoms with van der Waals surface area (Å²) in [5.74, 6) is 0.737. The van der Waals surface area contributed by atoms with Gasteiger partial charge in [0.2, 0.25) is 5.78 Å². The van der Waals surface area contributed by atoms with Crippen molar-refractivity contribution in [2.75, 3.05) is 6.61 Å². The van der Waals surface area contributed by atoms with E-state index in [1.54, 1.807) is 25.1 Å². The number of rotatable bonds is 4. The van der Waals surface area contributed by atoms with Crippen LogP contribution in [0.4, 0.5) is 0 Å². The lowest BCUT2D eigenvalue weighted by atomic mass is 10.1. The largest absolute Gasteiger partial charge is 0.482 e. The van der Waals surface area contributed by atoms with Gasteiger partial charge < -0.3 is 19.0 Å². The second-order valence-electron chi connectivity index (χ2n) is 4.73. The Morgan fingerprint density at radius 2 is 2.14 bits per heavy atom. The number of Topliss-reactive ketones (excluding diaryl/α,β-unsaturated/α-hetero) is 1. The molecule has 2 heterocycles. The van der Waals surface area contributed by atoms with Gasteiger partial charge in [0.15, 0.2) is 12.4 Å². The van der Waals surface area contributed by atoms with E-state index in [1.165, 1.54) is 18.2 Å². The second kappa shape index (κ2) is 5.40. The van der Waals surface area contributed by atoms with E-state index in [9.17, 15) is 9.59 Å². The van der Waals surface area contributed by atoms with Gasteiger partial charge in [-0.15, -0.1) is 0 Å². The third-order valence-electron chi connectivity index (χ3n) is 3.04. The van der Waals surface area contributed by atoms with Crippen LogP contribution in [0.25, 0.3) is 6.08 Å². The van der Waals surface area contributed by atoms with Crippen molar-refractivity contribution in [3.63, 3.8) is 0 Å². The zero-order valence-corrected chi connectivity index (χ0v) is 11.7. The Morgan fingerprint density at radius 1 is 1.32 bits per heavy atom. The molecule has 6 heteroatoms. The third kappa shape index (κ3) is 2.71. The quantitative estimate of drug-likeness (QED) is 0.874. The smallest absolute Gasteiger partial charge is 0.341 e. The van der Waals surface area contributed by atoms with Gasteiger partial charge in [0, 0.05) is 12.1 Å². The minimum atomic E-state index is -1.08. The molecule has 0 radical (unpaired) electrons. The molecule has 1 aliphatic rings. The summed E-state index contributed by atoms with van der Waals surface area (Å²) in [6.07, 6.45) is 1.52. The van der Waals surface area contributed by atoms with Crippen molar-refractivity contribution in [2.45, 2.75) is 6.92 Å². The van der Waals surface area contributed by atoms with Gasteiger partial charge in [0.1, 0.15) is 23.0 Å². The Labute approximate surface area is 125 Å². The highest BCUT2D eigenvalue weighted by atomic mass is 16.5. The second-order valence-corrected chi connectivity index (χ2v) is 4.73. The number of ether oxygens (including phenoxy) is 2. The minimum Gasteiger partial charge on any atom is -0.482 e. The number of carboxylic acid groups (broad SMARTS) is 1. The summed E-state index contributed by atoms with van der Waals surface area (Å²) < 4.78 is 15.9. The number of hydrogen-bond acceptors (Lipinski definition) is 5. The number of carbonyl (C=O) groups excluding carboxylic acids is 1. The number of ketones is 1. The van der Waals surface area contributed by atoms with E-state index in [2.05, 4.69) is 0 Å². The highest BCUT2D eigenvalue weighted by Gasteiger charge is 2.28. The summed E-state index contributed by atoms with van der Waals surface area (Å²) >= 11 is 0. The molecule has 112 valence electrons. The number of carbonyl (C=O) groups is 2. The van der Waals surface area contributed by atoms with Crippen molar-refractivity contribution in [3.05, 3.63) is 53.2 Å². The zero-order chi connectivity index (χ0) is 15.7. The maximum Gasteiger partial charge on any atom is 0.341 e. The zero-order valence-electron chi connectivity index (χ0n) is 11.7.